The third kappa shape index (κ3) is 3.64. The largest absolute Gasteiger partial charge is 0.478 e. The average Bonchev–Trinajstić information content (AvgIpc) is 2.35. The predicted molar refractivity (Wildman–Crippen MR) is 69.4 cm³/mol. The molecule has 110 valence electrons. The van der Waals surface area contributed by atoms with Crippen LogP contribution in [-0.2, 0) is 0 Å². The minimum atomic E-state index is -1.58. The Balaban J connectivity index is 3.16. The fourth-order valence-corrected chi connectivity index (χ4v) is 1.41. The summed E-state index contributed by atoms with van der Waals surface area (Å²) in [5.41, 5.74) is -1.98. The number of aliphatic hydroxyl groups excluding tert-OH is 1. The first-order valence-corrected chi connectivity index (χ1v) is 5.74. The Morgan fingerprint density at radius 1 is 1.50 bits per heavy atom. The van der Waals surface area contributed by atoms with Crippen LogP contribution in [0.2, 0.25) is 0 Å². The van der Waals surface area contributed by atoms with Gasteiger partial charge >= 0.3 is 5.97 Å². The molecule has 1 aromatic rings. The van der Waals surface area contributed by atoms with Crippen LogP contribution in [0.5, 0.6) is 0 Å². The molecule has 0 radical (unpaired) electrons. The Hall–Kier alpha value is -2.22. The van der Waals surface area contributed by atoms with Crippen molar-refractivity contribution in [1.29, 1.82) is 0 Å². The molecule has 7 nitrogen and oxygen atoms in total. The summed E-state index contributed by atoms with van der Waals surface area (Å²) in [4.78, 5) is 20.9. The van der Waals surface area contributed by atoms with E-state index in [-0.39, 0.29) is 18.8 Å². The van der Waals surface area contributed by atoms with Crippen molar-refractivity contribution in [3.05, 3.63) is 33.6 Å². The number of carbonyl (C=O) groups is 1. The molecule has 0 amide bonds. The molecule has 3 N–H and O–H groups in total. The van der Waals surface area contributed by atoms with E-state index in [2.05, 4.69) is 5.32 Å². The molecule has 0 aliphatic carbocycles. The van der Waals surface area contributed by atoms with E-state index in [4.69, 9.17) is 10.2 Å². The molecule has 1 aromatic carbocycles. The van der Waals surface area contributed by atoms with E-state index >= 15 is 0 Å². The molecule has 0 saturated heterocycles. The van der Waals surface area contributed by atoms with Crippen LogP contribution in [0.25, 0.3) is 0 Å². The van der Waals surface area contributed by atoms with Gasteiger partial charge in [-0.25, -0.2) is 9.18 Å². The van der Waals surface area contributed by atoms with Gasteiger partial charge in [0.1, 0.15) is 17.1 Å². The highest BCUT2D eigenvalue weighted by Gasteiger charge is 2.24. The van der Waals surface area contributed by atoms with Crippen LogP contribution < -0.4 is 5.32 Å². The number of nitrogens with one attached hydrogen (secondary N) is 1. The Bertz CT molecular complexity index is 545. The summed E-state index contributed by atoms with van der Waals surface area (Å²) in [6, 6.07) is 1.45. The highest BCUT2D eigenvalue weighted by molar-refractivity contribution is 5.90. The zero-order chi connectivity index (χ0) is 15.5. The highest BCUT2D eigenvalue weighted by Crippen LogP contribution is 2.29. The molecule has 20 heavy (non-hydrogen) atoms. The van der Waals surface area contributed by atoms with Gasteiger partial charge in [0.2, 0.25) is 0 Å². The number of nitro benzene ring substituents is 1. The number of nitro groups is 1. The van der Waals surface area contributed by atoms with Gasteiger partial charge in [-0.2, -0.15) is 0 Å². The summed E-state index contributed by atoms with van der Waals surface area (Å²) in [6.45, 7) is 3.43. The topological polar surface area (TPSA) is 113 Å². The minimum Gasteiger partial charge on any atom is -0.478 e. The van der Waals surface area contributed by atoms with Crippen molar-refractivity contribution in [3.8, 4) is 0 Å². The number of carboxylic acid groups (broad SMARTS) is 1. The van der Waals surface area contributed by atoms with Gasteiger partial charge in [0.25, 0.3) is 5.69 Å². The summed E-state index contributed by atoms with van der Waals surface area (Å²) < 4.78 is 13.6. The van der Waals surface area contributed by atoms with Crippen LogP contribution in [0.4, 0.5) is 15.8 Å². The molecule has 0 aromatic heterocycles. The Kier molecular flexibility index (Phi) is 4.61. The second-order valence-electron chi connectivity index (χ2n) is 5.09. The maximum atomic E-state index is 13.6. The molecular weight excluding hydrogens is 271 g/mol. The quantitative estimate of drug-likeness (QED) is 0.543. The number of aliphatic hydroxyl groups is 1. The maximum absolute atomic E-state index is 13.6. The molecule has 1 rings (SSSR count). The zero-order valence-electron chi connectivity index (χ0n) is 11.0. The molecule has 8 heteroatoms. The van der Waals surface area contributed by atoms with Crippen molar-refractivity contribution < 1.29 is 24.3 Å². The first kappa shape index (κ1) is 15.8. The second-order valence-corrected chi connectivity index (χ2v) is 5.09. The van der Waals surface area contributed by atoms with Crippen molar-refractivity contribution in [2.45, 2.75) is 13.8 Å². The molecule has 0 unspecified atom stereocenters. The van der Waals surface area contributed by atoms with Crippen LogP contribution in [0.15, 0.2) is 12.1 Å². The summed E-state index contributed by atoms with van der Waals surface area (Å²) in [6.07, 6.45) is 0. The van der Waals surface area contributed by atoms with Crippen molar-refractivity contribution in [2.24, 2.45) is 5.41 Å². The maximum Gasteiger partial charge on any atom is 0.338 e. The predicted octanol–water partition coefficient (Wildman–Crippen LogP) is 1.86. The normalized spacial score (nSPS) is 11.2. The van der Waals surface area contributed by atoms with Crippen molar-refractivity contribution in [2.75, 3.05) is 18.5 Å². The summed E-state index contributed by atoms with van der Waals surface area (Å²) in [7, 11) is 0. The number of hydrogen-bond acceptors (Lipinski definition) is 5. The van der Waals surface area contributed by atoms with Gasteiger partial charge < -0.3 is 15.5 Å². The van der Waals surface area contributed by atoms with Crippen LogP contribution in [0.1, 0.15) is 24.2 Å². The lowest BCUT2D eigenvalue weighted by molar-refractivity contribution is -0.384. The van der Waals surface area contributed by atoms with Crippen LogP contribution >= 0.6 is 0 Å². The van der Waals surface area contributed by atoms with Crippen LogP contribution in [0.3, 0.4) is 0 Å². The smallest absolute Gasteiger partial charge is 0.338 e. The standard InChI is InChI=1S/C12H15FN2O5/c1-12(2,6-16)5-14-9-4-8(13)7(11(17)18)3-10(9)15(19)20/h3-4,14,16H,5-6H2,1-2H3,(H,17,18). The zero-order valence-corrected chi connectivity index (χ0v) is 11.0. The molecule has 0 heterocycles. The molecule has 0 bridgehead atoms. The van der Waals surface area contributed by atoms with Crippen LogP contribution in [0, 0.1) is 21.3 Å². The lowest BCUT2D eigenvalue weighted by Crippen LogP contribution is -2.27. The Labute approximate surface area is 114 Å². The molecular formula is C12H15FN2O5. The third-order valence-corrected chi connectivity index (χ3v) is 2.70. The molecule has 0 fully saturated rings. The first-order valence-electron chi connectivity index (χ1n) is 5.74. The SMILES string of the molecule is CC(C)(CO)CNc1cc(F)c(C(=O)O)cc1[N+](=O)[O-]. The van der Waals surface area contributed by atoms with Crippen molar-refractivity contribution in [1.82, 2.24) is 0 Å². The monoisotopic (exact) mass is 286 g/mol. The number of benzene rings is 1. The number of nitrogens with zero attached hydrogens (tertiary/aromatic N) is 1. The van der Waals surface area contributed by atoms with Gasteiger partial charge in [-0.3, -0.25) is 10.1 Å². The van der Waals surface area contributed by atoms with Gasteiger partial charge in [0.05, 0.1) is 4.92 Å². The Morgan fingerprint density at radius 3 is 2.55 bits per heavy atom. The lowest BCUT2D eigenvalue weighted by Gasteiger charge is -2.22. The van der Waals surface area contributed by atoms with E-state index in [0.717, 1.165) is 6.07 Å². The van der Waals surface area contributed by atoms with E-state index in [1.807, 2.05) is 0 Å². The average molecular weight is 286 g/mol. The van der Waals surface area contributed by atoms with Gasteiger partial charge in [-0.05, 0) is 0 Å². The van der Waals surface area contributed by atoms with Gasteiger partial charge in [-0.15, -0.1) is 0 Å². The van der Waals surface area contributed by atoms with E-state index in [0.29, 0.717) is 6.07 Å². The third-order valence-electron chi connectivity index (χ3n) is 2.70. The molecule has 0 aliphatic rings. The van der Waals surface area contributed by atoms with E-state index in [1.165, 1.54) is 0 Å². The number of carboxylic acids is 1. The van der Waals surface area contributed by atoms with E-state index < -0.39 is 33.4 Å². The lowest BCUT2D eigenvalue weighted by atomic mass is 9.95. The number of hydrogen-bond donors (Lipinski definition) is 3. The van der Waals surface area contributed by atoms with Gasteiger partial charge in [0, 0.05) is 30.7 Å². The molecule has 0 spiro atoms. The summed E-state index contributed by atoms with van der Waals surface area (Å²) in [5, 5.41) is 31.4. The number of anilines is 1. The number of rotatable bonds is 6. The summed E-state index contributed by atoms with van der Waals surface area (Å²) in [5.74, 6) is -2.64. The van der Waals surface area contributed by atoms with Crippen LogP contribution in [-0.4, -0.2) is 34.3 Å². The molecule has 0 aliphatic heterocycles. The second kappa shape index (κ2) is 5.83. The fraction of sp³-hybridized carbons (Fsp3) is 0.417. The number of halogens is 1. The molecule has 0 saturated carbocycles. The fourth-order valence-electron chi connectivity index (χ4n) is 1.41. The van der Waals surface area contributed by atoms with Crippen molar-refractivity contribution in [3.63, 3.8) is 0 Å². The Morgan fingerprint density at radius 2 is 2.10 bits per heavy atom. The minimum absolute atomic E-state index is 0.126. The highest BCUT2D eigenvalue weighted by atomic mass is 19.1. The number of aromatic carboxylic acids is 1. The van der Waals surface area contributed by atoms with Gasteiger partial charge in [0.15, 0.2) is 0 Å². The first-order chi connectivity index (χ1) is 9.18. The van der Waals surface area contributed by atoms with Gasteiger partial charge in [-0.1, -0.05) is 13.8 Å². The van der Waals surface area contributed by atoms with Crippen molar-refractivity contribution >= 4 is 17.3 Å². The van der Waals surface area contributed by atoms with E-state index in [9.17, 15) is 19.3 Å². The molecule has 0 atom stereocenters. The summed E-state index contributed by atoms with van der Waals surface area (Å²) >= 11 is 0. The van der Waals surface area contributed by atoms with E-state index in [1.54, 1.807) is 13.8 Å².